The Hall–Kier alpha value is -1.46. The van der Waals surface area contributed by atoms with Crippen LogP contribution in [0.4, 0.5) is 0 Å². The van der Waals surface area contributed by atoms with Gasteiger partial charge in [-0.05, 0) is 37.9 Å². The van der Waals surface area contributed by atoms with Crippen molar-refractivity contribution < 1.29 is 9.53 Å². The number of hydrogen-bond acceptors (Lipinski definition) is 4. The second-order valence-electron chi connectivity index (χ2n) is 6.63. The van der Waals surface area contributed by atoms with Crippen LogP contribution in [0, 0.1) is 5.41 Å². The van der Waals surface area contributed by atoms with E-state index < -0.39 is 0 Å². The Labute approximate surface area is 132 Å². The molecule has 2 saturated heterocycles. The third-order valence-electron chi connectivity index (χ3n) is 4.91. The second-order valence-corrected chi connectivity index (χ2v) is 6.63. The third kappa shape index (κ3) is 3.47. The minimum Gasteiger partial charge on any atom is -0.375 e. The fourth-order valence-corrected chi connectivity index (χ4v) is 3.86. The quantitative estimate of drug-likeness (QED) is 0.846. The number of piperidine rings is 1. The van der Waals surface area contributed by atoms with Crippen LogP contribution in [0.2, 0.25) is 0 Å². The van der Waals surface area contributed by atoms with E-state index in [9.17, 15) is 4.79 Å². The average molecular weight is 303 g/mol. The number of carbonyl (C=O) groups is 1. The van der Waals surface area contributed by atoms with E-state index in [0.717, 1.165) is 44.8 Å². The van der Waals surface area contributed by atoms with E-state index in [4.69, 9.17) is 4.74 Å². The highest BCUT2D eigenvalue weighted by molar-refractivity contribution is 5.77. The molecule has 0 unspecified atom stereocenters. The Morgan fingerprint density at radius 3 is 3.00 bits per heavy atom. The van der Waals surface area contributed by atoms with Gasteiger partial charge in [0.2, 0.25) is 5.91 Å². The Kier molecular flexibility index (Phi) is 4.74. The highest BCUT2D eigenvalue weighted by atomic mass is 16.5. The van der Waals surface area contributed by atoms with Gasteiger partial charge >= 0.3 is 0 Å². The zero-order valence-electron chi connectivity index (χ0n) is 13.3. The van der Waals surface area contributed by atoms with Crippen molar-refractivity contribution in [3.63, 3.8) is 0 Å². The minimum atomic E-state index is 0.126. The summed E-state index contributed by atoms with van der Waals surface area (Å²) in [6.07, 6.45) is 5.40. The maximum absolute atomic E-state index is 12.0. The highest BCUT2D eigenvalue weighted by Crippen LogP contribution is 2.39. The largest absolute Gasteiger partial charge is 0.375 e. The van der Waals surface area contributed by atoms with Gasteiger partial charge in [0, 0.05) is 44.9 Å². The van der Waals surface area contributed by atoms with E-state index in [-0.39, 0.29) is 17.9 Å². The number of hydrogen-bond donors (Lipinski definition) is 0. The van der Waals surface area contributed by atoms with Crippen LogP contribution >= 0.6 is 0 Å². The van der Waals surface area contributed by atoms with Gasteiger partial charge < -0.3 is 9.64 Å². The van der Waals surface area contributed by atoms with Gasteiger partial charge in [-0.3, -0.25) is 14.7 Å². The summed E-state index contributed by atoms with van der Waals surface area (Å²) in [5.41, 5.74) is 1.40. The standard InChI is InChI=1S/C17H25N3O2/c1-22-12-16(21)20-10-7-17(14-20)6-4-9-19(13-17)11-15-5-2-3-8-18-15/h2-3,5,8H,4,6-7,9-14H2,1H3/t17-/m0/s1. The summed E-state index contributed by atoms with van der Waals surface area (Å²) in [6.45, 7) is 5.07. The summed E-state index contributed by atoms with van der Waals surface area (Å²) in [6, 6.07) is 6.09. The Balaban J connectivity index is 1.60. The van der Waals surface area contributed by atoms with E-state index in [1.807, 2.05) is 23.2 Å². The second kappa shape index (κ2) is 6.75. The molecule has 1 aromatic heterocycles. The zero-order chi connectivity index (χ0) is 15.4. The summed E-state index contributed by atoms with van der Waals surface area (Å²) >= 11 is 0. The van der Waals surface area contributed by atoms with Gasteiger partial charge in [0.15, 0.2) is 0 Å². The third-order valence-corrected chi connectivity index (χ3v) is 4.91. The first-order valence-electron chi connectivity index (χ1n) is 8.10. The van der Waals surface area contributed by atoms with Crippen molar-refractivity contribution in [2.24, 2.45) is 5.41 Å². The molecule has 0 aromatic carbocycles. The van der Waals surface area contributed by atoms with Crippen molar-refractivity contribution in [2.75, 3.05) is 39.9 Å². The molecular weight excluding hydrogens is 278 g/mol. The Morgan fingerprint density at radius 2 is 2.23 bits per heavy atom. The van der Waals surface area contributed by atoms with Crippen LogP contribution in [0.15, 0.2) is 24.4 Å². The first kappa shape index (κ1) is 15.4. The van der Waals surface area contributed by atoms with E-state index in [1.165, 1.54) is 12.8 Å². The van der Waals surface area contributed by atoms with Gasteiger partial charge in [-0.25, -0.2) is 0 Å². The van der Waals surface area contributed by atoms with Crippen molar-refractivity contribution >= 4 is 5.91 Å². The van der Waals surface area contributed by atoms with Crippen molar-refractivity contribution in [3.05, 3.63) is 30.1 Å². The number of carbonyl (C=O) groups excluding carboxylic acids is 1. The Morgan fingerprint density at radius 1 is 1.32 bits per heavy atom. The van der Waals surface area contributed by atoms with Gasteiger partial charge in [0.25, 0.3) is 0 Å². The fourth-order valence-electron chi connectivity index (χ4n) is 3.86. The molecule has 3 rings (SSSR count). The van der Waals surface area contributed by atoms with Gasteiger partial charge in [0.1, 0.15) is 6.61 Å². The summed E-state index contributed by atoms with van der Waals surface area (Å²) in [4.78, 5) is 20.9. The SMILES string of the molecule is COCC(=O)N1CC[C@]2(CCCN(Cc3ccccn3)C2)C1. The molecule has 1 amide bonds. The topological polar surface area (TPSA) is 45.7 Å². The maximum Gasteiger partial charge on any atom is 0.248 e. The predicted molar refractivity (Wildman–Crippen MR) is 84.3 cm³/mol. The van der Waals surface area contributed by atoms with Crippen LogP contribution in [-0.4, -0.2) is 60.6 Å². The van der Waals surface area contributed by atoms with Crippen LogP contribution in [0.1, 0.15) is 25.0 Å². The van der Waals surface area contributed by atoms with Gasteiger partial charge in [0.05, 0.1) is 5.69 Å². The highest BCUT2D eigenvalue weighted by Gasteiger charge is 2.42. The molecule has 1 aromatic rings. The zero-order valence-corrected chi connectivity index (χ0v) is 13.3. The van der Waals surface area contributed by atoms with E-state index in [2.05, 4.69) is 16.0 Å². The first-order chi connectivity index (χ1) is 10.7. The van der Waals surface area contributed by atoms with Gasteiger partial charge in [-0.2, -0.15) is 0 Å². The number of nitrogens with zero attached hydrogens (tertiary/aromatic N) is 3. The van der Waals surface area contributed by atoms with Crippen molar-refractivity contribution in [2.45, 2.75) is 25.8 Å². The molecule has 0 saturated carbocycles. The summed E-state index contributed by atoms with van der Waals surface area (Å²) in [7, 11) is 1.58. The van der Waals surface area contributed by atoms with Crippen LogP contribution < -0.4 is 0 Å². The number of pyridine rings is 1. The molecule has 5 heteroatoms. The molecule has 1 spiro atoms. The first-order valence-corrected chi connectivity index (χ1v) is 8.10. The van der Waals surface area contributed by atoms with Crippen LogP contribution in [-0.2, 0) is 16.1 Å². The van der Waals surface area contributed by atoms with E-state index in [1.54, 1.807) is 7.11 Å². The lowest BCUT2D eigenvalue weighted by atomic mass is 9.79. The fraction of sp³-hybridized carbons (Fsp3) is 0.647. The maximum atomic E-state index is 12.0. The lowest BCUT2D eigenvalue weighted by Crippen LogP contribution is -2.45. The molecule has 3 heterocycles. The summed E-state index contributed by atoms with van der Waals surface area (Å²) in [5.74, 6) is 0.126. The molecule has 2 aliphatic heterocycles. The molecule has 120 valence electrons. The van der Waals surface area contributed by atoms with Gasteiger partial charge in [-0.15, -0.1) is 0 Å². The molecule has 1 atom stereocenters. The van der Waals surface area contributed by atoms with Crippen molar-refractivity contribution in [1.82, 2.24) is 14.8 Å². The molecule has 0 bridgehead atoms. The summed E-state index contributed by atoms with van der Waals surface area (Å²) in [5, 5.41) is 0. The monoisotopic (exact) mass is 303 g/mol. The number of rotatable bonds is 4. The number of amides is 1. The minimum absolute atomic E-state index is 0.126. The number of ether oxygens (including phenoxy) is 1. The van der Waals surface area contributed by atoms with Crippen molar-refractivity contribution in [1.29, 1.82) is 0 Å². The van der Waals surface area contributed by atoms with Crippen LogP contribution in [0.3, 0.4) is 0 Å². The molecule has 2 fully saturated rings. The van der Waals surface area contributed by atoms with Crippen LogP contribution in [0.5, 0.6) is 0 Å². The molecule has 0 radical (unpaired) electrons. The average Bonchev–Trinajstić information content (AvgIpc) is 2.92. The van der Waals surface area contributed by atoms with Gasteiger partial charge in [-0.1, -0.05) is 6.07 Å². The number of likely N-dealkylation sites (tertiary alicyclic amines) is 2. The summed E-state index contributed by atoms with van der Waals surface area (Å²) < 4.78 is 4.98. The number of methoxy groups -OCH3 is 1. The molecular formula is C17H25N3O2. The number of aromatic nitrogens is 1. The molecule has 0 aliphatic carbocycles. The smallest absolute Gasteiger partial charge is 0.248 e. The normalized spacial score (nSPS) is 25.8. The molecule has 2 aliphatic rings. The predicted octanol–water partition coefficient (Wildman–Crippen LogP) is 1.54. The lowest BCUT2D eigenvalue weighted by Gasteiger charge is -2.40. The lowest BCUT2D eigenvalue weighted by molar-refractivity contribution is -0.134. The molecule has 5 nitrogen and oxygen atoms in total. The van der Waals surface area contributed by atoms with E-state index in [0.29, 0.717) is 0 Å². The Bertz CT molecular complexity index is 508. The van der Waals surface area contributed by atoms with E-state index >= 15 is 0 Å². The van der Waals surface area contributed by atoms with Crippen LogP contribution in [0.25, 0.3) is 0 Å². The molecule has 0 N–H and O–H groups in total. The molecule has 22 heavy (non-hydrogen) atoms. The van der Waals surface area contributed by atoms with Crippen molar-refractivity contribution in [3.8, 4) is 0 Å².